The molecule has 0 atom stereocenters. The van der Waals surface area contributed by atoms with Gasteiger partial charge in [-0.25, -0.2) is 15.0 Å². The molecule has 0 saturated carbocycles. The van der Waals surface area contributed by atoms with Crippen molar-refractivity contribution in [2.45, 2.75) is 5.41 Å². The molecule has 1 aliphatic carbocycles. The van der Waals surface area contributed by atoms with Crippen molar-refractivity contribution in [2.24, 2.45) is 0 Å². The van der Waals surface area contributed by atoms with E-state index in [1.165, 1.54) is 33.4 Å². The number of rotatable bonds is 7. The van der Waals surface area contributed by atoms with E-state index in [0.717, 1.165) is 72.1 Å². The molecule has 0 amide bonds. The molecular formula is C60H39N3. The Balaban J connectivity index is 1.16. The Morgan fingerprint density at radius 3 is 1.38 bits per heavy atom. The molecule has 294 valence electrons. The summed E-state index contributed by atoms with van der Waals surface area (Å²) < 4.78 is 0. The lowest BCUT2D eigenvalue weighted by Gasteiger charge is -2.34. The lowest BCUT2D eigenvalue weighted by atomic mass is 9.67. The summed E-state index contributed by atoms with van der Waals surface area (Å²) in [4.78, 5) is 16.1. The maximum absolute atomic E-state index is 5.55. The number of benzene rings is 9. The first-order chi connectivity index (χ1) is 31.2. The normalized spacial score (nSPS) is 12.6. The number of aromatic nitrogens is 3. The molecule has 9 aromatic carbocycles. The van der Waals surface area contributed by atoms with Crippen LogP contribution in [0.4, 0.5) is 0 Å². The van der Waals surface area contributed by atoms with E-state index < -0.39 is 5.41 Å². The second-order valence-electron chi connectivity index (χ2n) is 16.3. The summed E-state index contributed by atoms with van der Waals surface area (Å²) in [6.45, 7) is 0. The lowest BCUT2D eigenvalue weighted by Crippen LogP contribution is -2.28. The van der Waals surface area contributed by atoms with Crippen LogP contribution in [0.5, 0.6) is 0 Å². The Kier molecular flexibility index (Phi) is 8.72. The number of hydrogen-bond donors (Lipinski definition) is 0. The molecule has 0 N–H and O–H groups in total. The van der Waals surface area contributed by atoms with Gasteiger partial charge in [-0.2, -0.15) is 0 Å². The van der Waals surface area contributed by atoms with Crippen LogP contribution in [0.15, 0.2) is 237 Å². The van der Waals surface area contributed by atoms with Crippen LogP contribution >= 0.6 is 0 Å². The van der Waals surface area contributed by atoms with E-state index in [4.69, 9.17) is 15.0 Å². The molecule has 0 unspecified atom stereocenters. The molecule has 0 aliphatic heterocycles. The zero-order valence-electron chi connectivity index (χ0n) is 34.4. The van der Waals surface area contributed by atoms with Crippen LogP contribution in [0.25, 0.3) is 89.1 Å². The van der Waals surface area contributed by atoms with Gasteiger partial charge < -0.3 is 0 Å². The standard InChI is InChI=1S/C60H39N3/c1-6-20-40(21-7-1)55-37-50(52-36-51-48-32-18-19-33-53(48)60(45-27-12-4-13-28-45,46-29-14-5-15-30-46)54(51)38-58(52)61-55)49-35-44(34-43-26-16-17-31-47(43)49)59-62-56(41-22-8-2-9-23-41)39-57(63-59)42-24-10-3-11-25-42/h1-39H. The van der Waals surface area contributed by atoms with Crippen LogP contribution in [-0.2, 0) is 5.41 Å². The van der Waals surface area contributed by atoms with Gasteiger partial charge in [-0.15, -0.1) is 0 Å². The van der Waals surface area contributed by atoms with E-state index in [1.54, 1.807) is 0 Å². The molecule has 0 spiro atoms. The third-order valence-corrected chi connectivity index (χ3v) is 12.7. The molecule has 3 nitrogen and oxygen atoms in total. The lowest BCUT2D eigenvalue weighted by molar-refractivity contribution is 0.769. The Labute approximate surface area is 366 Å². The number of fused-ring (bicyclic) bond motifs is 5. The maximum atomic E-state index is 5.55. The van der Waals surface area contributed by atoms with Crippen molar-refractivity contribution in [1.29, 1.82) is 0 Å². The van der Waals surface area contributed by atoms with Crippen LogP contribution < -0.4 is 0 Å². The summed E-state index contributed by atoms with van der Waals surface area (Å²) in [7, 11) is 0. The maximum Gasteiger partial charge on any atom is 0.160 e. The fraction of sp³-hybridized carbons (Fsp3) is 0.0167. The third kappa shape index (κ3) is 6.08. The van der Waals surface area contributed by atoms with Gasteiger partial charge in [-0.05, 0) is 91.7 Å². The minimum absolute atomic E-state index is 0.544. The van der Waals surface area contributed by atoms with Crippen LogP contribution in [-0.4, -0.2) is 15.0 Å². The average molecular weight is 802 g/mol. The fourth-order valence-electron chi connectivity index (χ4n) is 9.89. The largest absolute Gasteiger partial charge is 0.248 e. The van der Waals surface area contributed by atoms with E-state index in [2.05, 4.69) is 224 Å². The highest BCUT2D eigenvalue weighted by Gasteiger charge is 2.46. The molecule has 1 aliphatic rings. The van der Waals surface area contributed by atoms with Gasteiger partial charge >= 0.3 is 0 Å². The fourth-order valence-corrected chi connectivity index (χ4v) is 9.89. The summed E-state index contributed by atoms with van der Waals surface area (Å²) in [5.74, 6) is 0.675. The van der Waals surface area contributed by atoms with Crippen molar-refractivity contribution in [3.63, 3.8) is 0 Å². The Morgan fingerprint density at radius 2 is 0.778 bits per heavy atom. The number of nitrogens with zero attached hydrogens (tertiary/aromatic N) is 3. The Bertz CT molecular complexity index is 3380. The molecule has 12 rings (SSSR count). The average Bonchev–Trinajstić information content (AvgIpc) is 3.66. The monoisotopic (exact) mass is 801 g/mol. The van der Waals surface area contributed by atoms with E-state index >= 15 is 0 Å². The van der Waals surface area contributed by atoms with Gasteiger partial charge in [0.1, 0.15) is 0 Å². The van der Waals surface area contributed by atoms with Crippen LogP contribution in [0, 0.1) is 0 Å². The Morgan fingerprint density at radius 1 is 0.286 bits per heavy atom. The summed E-state index contributed by atoms with van der Waals surface area (Å²) in [5.41, 5.74) is 16.8. The summed E-state index contributed by atoms with van der Waals surface area (Å²) in [6, 6.07) is 84.6. The molecule has 63 heavy (non-hydrogen) atoms. The molecule has 0 bridgehead atoms. The van der Waals surface area contributed by atoms with Gasteiger partial charge in [0.2, 0.25) is 0 Å². The quantitative estimate of drug-likeness (QED) is 0.161. The zero-order chi connectivity index (χ0) is 41.7. The highest BCUT2D eigenvalue weighted by Crippen LogP contribution is 2.57. The van der Waals surface area contributed by atoms with Gasteiger partial charge in [0.15, 0.2) is 5.82 Å². The van der Waals surface area contributed by atoms with Crippen LogP contribution in [0.3, 0.4) is 0 Å². The van der Waals surface area contributed by atoms with E-state index in [-0.39, 0.29) is 0 Å². The minimum Gasteiger partial charge on any atom is -0.248 e. The topological polar surface area (TPSA) is 38.7 Å². The van der Waals surface area contributed by atoms with E-state index in [1.807, 2.05) is 12.1 Å². The van der Waals surface area contributed by atoms with Gasteiger partial charge in [-0.1, -0.05) is 200 Å². The predicted molar refractivity (Wildman–Crippen MR) is 259 cm³/mol. The predicted octanol–water partition coefficient (Wildman–Crippen LogP) is 14.9. The number of pyridine rings is 1. The van der Waals surface area contributed by atoms with E-state index in [0.29, 0.717) is 5.82 Å². The van der Waals surface area contributed by atoms with Gasteiger partial charge in [0.25, 0.3) is 0 Å². The van der Waals surface area contributed by atoms with Crippen LogP contribution in [0.2, 0.25) is 0 Å². The Hall–Kier alpha value is -8.27. The second kappa shape index (κ2) is 15.0. The molecule has 3 heteroatoms. The molecule has 2 aromatic heterocycles. The first-order valence-electron chi connectivity index (χ1n) is 21.5. The highest BCUT2D eigenvalue weighted by atomic mass is 14.9. The summed E-state index contributed by atoms with van der Waals surface area (Å²) in [5, 5.41) is 3.36. The first kappa shape index (κ1) is 36.6. The first-order valence-corrected chi connectivity index (χ1v) is 21.5. The van der Waals surface area contributed by atoms with Crippen LogP contribution in [0.1, 0.15) is 22.3 Å². The highest BCUT2D eigenvalue weighted by molar-refractivity contribution is 6.09. The van der Waals surface area contributed by atoms with Crippen molar-refractivity contribution in [1.82, 2.24) is 15.0 Å². The summed E-state index contributed by atoms with van der Waals surface area (Å²) >= 11 is 0. The van der Waals surface area contributed by atoms with E-state index in [9.17, 15) is 0 Å². The van der Waals surface area contributed by atoms with Gasteiger partial charge in [-0.3, -0.25) is 0 Å². The third-order valence-electron chi connectivity index (χ3n) is 12.7. The molecule has 0 saturated heterocycles. The molecule has 0 radical (unpaired) electrons. The molecule has 2 heterocycles. The van der Waals surface area contributed by atoms with Crippen molar-refractivity contribution < 1.29 is 0 Å². The van der Waals surface area contributed by atoms with Crippen molar-refractivity contribution in [2.75, 3.05) is 0 Å². The molecule has 0 fully saturated rings. The van der Waals surface area contributed by atoms with Crippen molar-refractivity contribution in [3.05, 3.63) is 259 Å². The molecule has 11 aromatic rings. The zero-order valence-corrected chi connectivity index (χ0v) is 34.4. The van der Waals surface area contributed by atoms with Gasteiger partial charge in [0, 0.05) is 27.6 Å². The van der Waals surface area contributed by atoms with Crippen molar-refractivity contribution in [3.8, 4) is 67.4 Å². The van der Waals surface area contributed by atoms with Gasteiger partial charge in [0.05, 0.1) is 28.0 Å². The SMILES string of the molecule is c1ccc(-c2cc(-c3ccccc3)nc(-c3cc(-c4cc(-c5ccccc5)nc5cc6c(cc45)-c4ccccc4C6(c4ccccc4)c4ccccc4)c4ccccc4c3)n2)cc1. The second-order valence-corrected chi connectivity index (χ2v) is 16.3. The van der Waals surface area contributed by atoms with Crippen molar-refractivity contribution >= 4 is 21.7 Å². The molecular weight excluding hydrogens is 763 g/mol. The summed E-state index contributed by atoms with van der Waals surface area (Å²) in [6.07, 6.45) is 0. The number of hydrogen-bond acceptors (Lipinski definition) is 3. The minimum atomic E-state index is -0.544. The smallest absolute Gasteiger partial charge is 0.160 e.